The van der Waals surface area contributed by atoms with Gasteiger partial charge in [-0.3, -0.25) is 9.78 Å². The minimum absolute atomic E-state index is 0.0666. The molecule has 0 spiro atoms. The largest absolute Gasteiger partial charge is 0.396 e. The molecule has 1 saturated carbocycles. The Morgan fingerprint density at radius 1 is 1.25 bits per heavy atom. The Morgan fingerprint density at radius 3 is 2.79 bits per heavy atom. The van der Waals surface area contributed by atoms with Crippen LogP contribution in [0.1, 0.15) is 41.7 Å². The molecule has 1 heterocycles. The number of hydrogen-bond acceptors (Lipinski definition) is 3. The molecule has 1 aliphatic rings. The zero-order valence-corrected chi connectivity index (χ0v) is 14.0. The number of carbonyl (C=O) groups is 1. The summed E-state index contributed by atoms with van der Waals surface area (Å²) >= 11 is 0. The second-order valence-electron chi connectivity index (χ2n) is 6.57. The molecule has 1 aromatic heterocycles. The van der Waals surface area contributed by atoms with Gasteiger partial charge in [0.15, 0.2) is 0 Å². The van der Waals surface area contributed by atoms with Gasteiger partial charge in [0.1, 0.15) is 0 Å². The molecule has 1 fully saturated rings. The van der Waals surface area contributed by atoms with E-state index in [1.807, 2.05) is 43.3 Å². The molecule has 1 amide bonds. The van der Waals surface area contributed by atoms with Gasteiger partial charge in [-0.2, -0.15) is 0 Å². The molecule has 1 aromatic carbocycles. The third kappa shape index (κ3) is 3.65. The Kier molecular flexibility index (Phi) is 5.26. The van der Waals surface area contributed by atoms with E-state index in [0.717, 1.165) is 42.5 Å². The van der Waals surface area contributed by atoms with Gasteiger partial charge in [0.2, 0.25) is 0 Å². The Bertz CT molecular complexity index is 700. The van der Waals surface area contributed by atoms with Crippen molar-refractivity contribution in [2.75, 3.05) is 6.61 Å². The lowest BCUT2D eigenvalue weighted by Gasteiger charge is -2.29. The number of aliphatic hydroxyl groups is 1. The summed E-state index contributed by atoms with van der Waals surface area (Å²) < 4.78 is 0. The molecule has 3 rings (SSSR count). The fourth-order valence-corrected chi connectivity index (χ4v) is 3.56. The van der Waals surface area contributed by atoms with Crippen LogP contribution >= 0.6 is 0 Å². The zero-order chi connectivity index (χ0) is 16.9. The molecule has 4 heteroatoms. The minimum atomic E-state index is -0.0666. The van der Waals surface area contributed by atoms with E-state index in [0.29, 0.717) is 11.5 Å². The van der Waals surface area contributed by atoms with Crippen LogP contribution in [0, 0.1) is 12.8 Å². The van der Waals surface area contributed by atoms with Crippen molar-refractivity contribution in [2.24, 2.45) is 5.92 Å². The topological polar surface area (TPSA) is 62.2 Å². The van der Waals surface area contributed by atoms with Crippen molar-refractivity contribution in [1.82, 2.24) is 10.3 Å². The number of benzene rings is 1. The van der Waals surface area contributed by atoms with E-state index < -0.39 is 0 Å². The number of nitrogens with zero attached hydrogens (tertiary/aromatic N) is 1. The van der Waals surface area contributed by atoms with Crippen LogP contribution < -0.4 is 5.32 Å². The quantitative estimate of drug-likeness (QED) is 0.907. The van der Waals surface area contributed by atoms with Crippen LogP contribution in [-0.2, 0) is 0 Å². The summed E-state index contributed by atoms with van der Waals surface area (Å²) in [5.41, 5.74) is 3.32. The average Bonchev–Trinajstić information content (AvgIpc) is 2.62. The average molecular weight is 324 g/mol. The third-order valence-corrected chi connectivity index (χ3v) is 4.83. The standard InChI is InChI=1S/C20H24N2O2/c1-14-19(18(10-11-21-14)16-7-3-2-4-8-16)20(24)22-17-9-5-6-15(12-17)13-23/h2-4,7-8,10-11,15,17,23H,5-6,9,12-13H2,1H3,(H,22,24)/t15-,17-/m1/s1. The molecule has 4 nitrogen and oxygen atoms in total. The highest BCUT2D eigenvalue weighted by Crippen LogP contribution is 2.27. The van der Waals surface area contributed by atoms with Crippen molar-refractivity contribution in [3.63, 3.8) is 0 Å². The number of hydrogen-bond donors (Lipinski definition) is 2. The fourth-order valence-electron chi connectivity index (χ4n) is 3.56. The maximum absolute atomic E-state index is 12.9. The van der Waals surface area contributed by atoms with Crippen LogP contribution in [0.3, 0.4) is 0 Å². The van der Waals surface area contributed by atoms with Crippen LogP contribution in [0.5, 0.6) is 0 Å². The van der Waals surface area contributed by atoms with Gasteiger partial charge >= 0.3 is 0 Å². The summed E-state index contributed by atoms with van der Waals surface area (Å²) in [7, 11) is 0. The molecule has 2 atom stereocenters. The van der Waals surface area contributed by atoms with Crippen molar-refractivity contribution >= 4 is 5.91 Å². The first-order valence-corrected chi connectivity index (χ1v) is 8.61. The number of pyridine rings is 1. The first kappa shape index (κ1) is 16.7. The first-order chi connectivity index (χ1) is 11.7. The molecule has 0 saturated heterocycles. The molecule has 0 aliphatic heterocycles. The van der Waals surface area contributed by atoms with Gasteiger partial charge in [-0.05, 0) is 49.3 Å². The third-order valence-electron chi connectivity index (χ3n) is 4.83. The predicted octanol–water partition coefficient (Wildman–Crippen LogP) is 3.34. The summed E-state index contributed by atoms with van der Waals surface area (Å²) in [6.45, 7) is 2.08. The molecular weight excluding hydrogens is 300 g/mol. The van der Waals surface area contributed by atoms with Crippen molar-refractivity contribution in [3.8, 4) is 11.1 Å². The van der Waals surface area contributed by atoms with Gasteiger partial charge in [-0.1, -0.05) is 36.8 Å². The summed E-state index contributed by atoms with van der Waals surface area (Å²) in [5, 5.41) is 12.5. The Balaban J connectivity index is 1.85. The molecule has 0 radical (unpaired) electrons. The number of rotatable bonds is 4. The van der Waals surface area contributed by atoms with E-state index in [1.54, 1.807) is 6.20 Å². The highest BCUT2D eigenvalue weighted by Gasteiger charge is 2.25. The molecule has 1 aliphatic carbocycles. The number of carbonyl (C=O) groups excluding carboxylic acids is 1. The summed E-state index contributed by atoms with van der Waals surface area (Å²) in [4.78, 5) is 17.2. The van der Waals surface area contributed by atoms with Crippen LogP contribution in [0.4, 0.5) is 0 Å². The molecule has 24 heavy (non-hydrogen) atoms. The van der Waals surface area contributed by atoms with E-state index >= 15 is 0 Å². The van der Waals surface area contributed by atoms with E-state index in [1.165, 1.54) is 0 Å². The van der Waals surface area contributed by atoms with Gasteiger partial charge in [0, 0.05) is 18.8 Å². The van der Waals surface area contributed by atoms with Gasteiger partial charge in [0.25, 0.3) is 5.91 Å². The molecular formula is C20H24N2O2. The van der Waals surface area contributed by atoms with Crippen LogP contribution in [0.25, 0.3) is 11.1 Å². The van der Waals surface area contributed by atoms with E-state index in [4.69, 9.17) is 0 Å². The SMILES string of the molecule is Cc1nccc(-c2ccccc2)c1C(=O)N[C@@H]1CCC[C@@H](CO)C1. The smallest absolute Gasteiger partial charge is 0.253 e. The lowest BCUT2D eigenvalue weighted by molar-refractivity contribution is 0.0905. The number of aliphatic hydroxyl groups excluding tert-OH is 1. The number of amides is 1. The minimum Gasteiger partial charge on any atom is -0.396 e. The van der Waals surface area contributed by atoms with Crippen molar-refractivity contribution in [3.05, 3.63) is 53.9 Å². The maximum Gasteiger partial charge on any atom is 0.253 e. The van der Waals surface area contributed by atoms with E-state index in [-0.39, 0.29) is 18.6 Å². The normalized spacial score (nSPS) is 20.6. The molecule has 2 aromatic rings. The zero-order valence-electron chi connectivity index (χ0n) is 14.0. The predicted molar refractivity (Wildman–Crippen MR) is 94.7 cm³/mol. The van der Waals surface area contributed by atoms with Crippen LogP contribution in [-0.4, -0.2) is 28.6 Å². The number of aryl methyl sites for hydroxylation is 1. The van der Waals surface area contributed by atoms with Crippen LogP contribution in [0.2, 0.25) is 0 Å². The van der Waals surface area contributed by atoms with Crippen molar-refractivity contribution in [1.29, 1.82) is 0 Å². The highest BCUT2D eigenvalue weighted by molar-refractivity contribution is 6.01. The van der Waals surface area contributed by atoms with Crippen molar-refractivity contribution < 1.29 is 9.90 Å². The Hall–Kier alpha value is -2.20. The van der Waals surface area contributed by atoms with E-state index in [9.17, 15) is 9.90 Å². The van der Waals surface area contributed by atoms with Crippen LogP contribution in [0.15, 0.2) is 42.6 Å². The summed E-state index contributed by atoms with van der Waals surface area (Å²) in [6, 6.07) is 12.0. The number of nitrogens with one attached hydrogen (secondary N) is 1. The molecule has 126 valence electrons. The number of aromatic nitrogens is 1. The summed E-state index contributed by atoms with van der Waals surface area (Å²) in [5.74, 6) is 0.232. The highest BCUT2D eigenvalue weighted by atomic mass is 16.3. The Morgan fingerprint density at radius 2 is 2.04 bits per heavy atom. The summed E-state index contributed by atoms with van der Waals surface area (Å²) in [6.07, 6.45) is 5.67. The van der Waals surface area contributed by atoms with Crippen molar-refractivity contribution in [2.45, 2.75) is 38.6 Å². The molecule has 0 bridgehead atoms. The second kappa shape index (κ2) is 7.58. The maximum atomic E-state index is 12.9. The van der Waals surface area contributed by atoms with E-state index in [2.05, 4.69) is 10.3 Å². The fraction of sp³-hybridized carbons (Fsp3) is 0.400. The van der Waals surface area contributed by atoms with Gasteiger partial charge in [-0.25, -0.2) is 0 Å². The van der Waals surface area contributed by atoms with Gasteiger partial charge in [0.05, 0.1) is 11.3 Å². The molecule has 2 N–H and O–H groups in total. The Labute approximate surface area is 142 Å². The first-order valence-electron chi connectivity index (χ1n) is 8.61. The lowest BCUT2D eigenvalue weighted by atomic mass is 9.86. The second-order valence-corrected chi connectivity index (χ2v) is 6.57. The van der Waals surface area contributed by atoms with Gasteiger partial charge < -0.3 is 10.4 Å². The van der Waals surface area contributed by atoms with Gasteiger partial charge in [-0.15, -0.1) is 0 Å². The monoisotopic (exact) mass is 324 g/mol. The lowest BCUT2D eigenvalue weighted by Crippen LogP contribution is -2.39. The molecule has 0 unspecified atom stereocenters.